The first-order valence-corrected chi connectivity index (χ1v) is 10.8. The van der Waals surface area contributed by atoms with Crippen molar-refractivity contribution < 1.29 is 39.3 Å². The molecule has 0 saturated carbocycles. The zero-order chi connectivity index (χ0) is 26.1. The van der Waals surface area contributed by atoms with Crippen LogP contribution in [0.1, 0.15) is 25.3 Å². The number of aliphatic hydroxyl groups is 1. The molecule has 190 valence electrons. The monoisotopic (exact) mass is 491 g/mol. The third-order valence-corrected chi connectivity index (χ3v) is 5.21. The molecule has 0 spiro atoms. The number of para-hydroxylation sites is 1. The van der Waals surface area contributed by atoms with Crippen LogP contribution in [-0.2, 0) is 30.4 Å². The lowest BCUT2D eigenvalue weighted by atomic mass is 10.0. The number of aliphatic hydroxyl groups excluding tert-OH is 1. The molecule has 0 saturated heterocycles. The zero-order valence-electron chi connectivity index (χ0n) is 19.0. The fourth-order valence-electron chi connectivity index (χ4n) is 3.38. The van der Waals surface area contributed by atoms with E-state index in [1.165, 1.54) is 6.92 Å². The van der Waals surface area contributed by atoms with Crippen molar-refractivity contribution in [1.82, 2.24) is 20.9 Å². The molecule has 0 radical (unpaired) electrons. The highest BCUT2D eigenvalue weighted by Crippen LogP contribution is 2.18. The molecule has 4 atom stereocenters. The van der Waals surface area contributed by atoms with Crippen LogP contribution in [0.5, 0.6) is 0 Å². The quantitative estimate of drug-likeness (QED) is 0.162. The normalized spacial score (nSPS) is 14.4. The van der Waals surface area contributed by atoms with Crippen molar-refractivity contribution in [3.8, 4) is 0 Å². The van der Waals surface area contributed by atoms with Gasteiger partial charge in [-0.25, -0.2) is 0 Å². The molecule has 0 aliphatic heterocycles. The van der Waals surface area contributed by atoms with E-state index in [9.17, 15) is 29.1 Å². The Hall–Kier alpha value is -3.97. The summed E-state index contributed by atoms with van der Waals surface area (Å²) in [5.74, 6) is -5.19. The number of carbonyl (C=O) groups is 5. The van der Waals surface area contributed by atoms with Crippen LogP contribution in [-0.4, -0.2) is 80.7 Å². The van der Waals surface area contributed by atoms with E-state index in [1.807, 2.05) is 24.3 Å². The van der Waals surface area contributed by atoms with Crippen LogP contribution >= 0.6 is 0 Å². The molecular formula is C22H29N5O8. The Morgan fingerprint density at radius 3 is 2.31 bits per heavy atom. The molecule has 1 aromatic heterocycles. The number of carboxylic acids is 2. The molecule has 0 bridgehead atoms. The molecule has 1 heterocycles. The summed E-state index contributed by atoms with van der Waals surface area (Å²) in [5.41, 5.74) is 7.67. The first kappa shape index (κ1) is 27.3. The topological polar surface area (TPSA) is 224 Å². The standard InChI is InChI=1S/C22H29N5O8/c1-11(28)19(22(35)26-16(6-7-17(29)30)21(34)25-10-18(31)32)27-20(33)14(23)8-12-9-24-15-5-3-2-4-13(12)15/h2-5,9,11,14,16,19,24,28H,6-8,10,23H2,1H3,(H,25,34)(H,26,35)(H,27,33)(H,29,30)(H,31,32). The summed E-state index contributed by atoms with van der Waals surface area (Å²) in [6, 6.07) is 3.45. The second kappa shape index (κ2) is 12.5. The minimum absolute atomic E-state index is 0.142. The van der Waals surface area contributed by atoms with Gasteiger partial charge in [0.1, 0.15) is 18.6 Å². The van der Waals surface area contributed by atoms with Gasteiger partial charge in [-0.3, -0.25) is 24.0 Å². The fourth-order valence-corrected chi connectivity index (χ4v) is 3.38. The van der Waals surface area contributed by atoms with Crippen LogP contribution in [0.4, 0.5) is 0 Å². The summed E-state index contributed by atoms with van der Waals surface area (Å²) in [4.78, 5) is 62.3. The molecule has 2 rings (SSSR count). The Balaban J connectivity index is 2.06. The van der Waals surface area contributed by atoms with Crippen molar-refractivity contribution in [2.75, 3.05) is 6.54 Å². The molecule has 3 amide bonds. The Morgan fingerprint density at radius 2 is 1.69 bits per heavy atom. The number of aromatic amines is 1. The summed E-state index contributed by atoms with van der Waals surface area (Å²) in [5, 5.41) is 35.2. The SMILES string of the molecule is CC(O)C(NC(=O)C(N)Cc1c[nH]c2ccccc12)C(=O)NC(CCC(=O)O)C(=O)NCC(=O)O. The van der Waals surface area contributed by atoms with Gasteiger partial charge in [0.15, 0.2) is 0 Å². The van der Waals surface area contributed by atoms with Gasteiger partial charge in [0.05, 0.1) is 12.1 Å². The van der Waals surface area contributed by atoms with E-state index in [-0.39, 0.29) is 12.8 Å². The number of amides is 3. The van der Waals surface area contributed by atoms with E-state index in [2.05, 4.69) is 20.9 Å². The van der Waals surface area contributed by atoms with E-state index in [0.717, 1.165) is 16.5 Å². The zero-order valence-corrected chi connectivity index (χ0v) is 19.0. The average Bonchev–Trinajstić information content (AvgIpc) is 3.20. The van der Waals surface area contributed by atoms with Crippen molar-refractivity contribution >= 4 is 40.6 Å². The largest absolute Gasteiger partial charge is 0.481 e. The first-order chi connectivity index (χ1) is 16.5. The van der Waals surface area contributed by atoms with Gasteiger partial charge in [0, 0.05) is 23.5 Å². The third kappa shape index (κ3) is 8.08. The van der Waals surface area contributed by atoms with Gasteiger partial charge in [-0.1, -0.05) is 18.2 Å². The number of nitrogens with two attached hydrogens (primary N) is 1. The summed E-state index contributed by atoms with van der Waals surface area (Å²) < 4.78 is 0. The molecule has 13 heteroatoms. The molecular weight excluding hydrogens is 462 g/mol. The molecule has 0 aliphatic carbocycles. The number of hydrogen-bond acceptors (Lipinski definition) is 7. The van der Waals surface area contributed by atoms with E-state index < -0.39 is 66.9 Å². The summed E-state index contributed by atoms with van der Waals surface area (Å²) in [7, 11) is 0. The number of rotatable bonds is 13. The van der Waals surface area contributed by atoms with Gasteiger partial charge < -0.3 is 42.0 Å². The molecule has 9 N–H and O–H groups in total. The van der Waals surface area contributed by atoms with Crippen LogP contribution in [0.25, 0.3) is 10.9 Å². The number of hydrogen-bond donors (Lipinski definition) is 8. The highest BCUT2D eigenvalue weighted by atomic mass is 16.4. The van der Waals surface area contributed by atoms with Gasteiger partial charge in [0.2, 0.25) is 17.7 Å². The Morgan fingerprint density at radius 1 is 1.00 bits per heavy atom. The van der Waals surface area contributed by atoms with Crippen LogP contribution in [0, 0.1) is 0 Å². The van der Waals surface area contributed by atoms with Crippen LogP contribution < -0.4 is 21.7 Å². The van der Waals surface area contributed by atoms with E-state index in [0.29, 0.717) is 0 Å². The predicted octanol–water partition coefficient (Wildman–Crippen LogP) is -1.55. The fraction of sp³-hybridized carbons (Fsp3) is 0.409. The number of benzene rings is 1. The number of carbonyl (C=O) groups excluding carboxylic acids is 3. The highest BCUT2D eigenvalue weighted by molar-refractivity contribution is 5.94. The first-order valence-electron chi connectivity index (χ1n) is 10.8. The lowest BCUT2D eigenvalue weighted by Crippen LogP contribution is -2.59. The minimum Gasteiger partial charge on any atom is -0.481 e. The van der Waals surface area contributed by atoms with Gasteiger partial charge >= 0.3 is 11.9 Å². The Kier molecular flexibility index (Phi) is 9.73. The number of fused-ring (bicyclic) bond motifs is 1. The molecule has 13 nitrogen and oxygen atoms in total. The molecule has 35 heavy (non-hydrogen) atoms. The maximum Gasteiger partial charge on any atom is 0.322 e. The summed E-state index contributed by atoms with van der Waals surface area (Å²) in [6.45, 7) is 0.504. The van der Waals surface area contributed by atoms with E-state index in [4.69, 9.17) is 15.9 Å². The number of nitrogens with one attached hydrogen (secondary N) is 4. The Bertz CT molecular complexity index is 1080. The van der Waals surface area contributed by atoms with Gasteiger partial charge in [-0.2, -0.15) is 0 Å². The van der Waals surface area contributed by atoms with E-state index >= 15 is 0 Å². The van der Waals surface area contributed by atoms with Crippen molar-refractivity contribution in [3.63, 3.8) is 0 Å². The molecule has 0 fully saturated rings. The molecule has 2 aromatic rings. The number of aliphatic carboxylic acids is 2. The van der Waals surface area contributed by atoms with Crippen molar-refractivity contribution in [2.24, 2.45) is 5.73 Å². The lowest BCUT2D eigenvalue weighted by Gasteiger charge is -2.25. The van der Waals surface area contributed by atoms with Crippen molar-refractivity contribution in [2.45, 2.75) is 50.4 Å². The van der Waals surface area contributed by atoms with Crippen molar-refractivity contribution in [1.29, 1.82) is 0 Å². The molecule has 1 aromatic carbocycles. The number of carboxylic acid groups (broad SMARTS) is 2. The van der Waals surface area contributed by atoms with Crippen LogP contribution in [0.15, 0.2) is 30.5 Å². The summed E-state index contributed by atoms with van der Waals surface area (Å²) in [6.07, 6.45) is -0.358. The van der Waals surface area contributed by atoms with Crippen LogP contribution in [0.3, 0.4) is 0 Å². The van der Waals surface area contributed by atoms with E-state index in [1.54, 1.807) is 6.20 Å². The van der Waals surface area contributed by atoms with Crippen LogP contribution in [0.2, 0.25) is 0 Å². The lowest BCUT2D eigenvalue weighted by molar-refractivity contribution is -0.140. The minimum atomic E-state index is -1.50. The highest BCUT2D eigenvalue weighted by Gasteiger charge is 2.31. The molecule has 0 aliphatic rings. The average molecular weight is 492 g/mol. The maximum atomic E-state index is 12.8. The second-order valence-corrected chi connectivity index (χ2v) is 8.00. The maximum absolute atomic E-state index is 12.8. The Labute approximate surface area is 200 Å². The third-order valence-electron chi connectivity index (χ3n) is 5.21. The van der Waals surface area contributed by atoms with Gasteiger partial charge in [-0.05, 0) is 31.4 Å². The second-order valence-electron chi connectivity index (χ2n) is 8.00. The smallest absolute Gasteiger partial charge is 0.322 e. The van der Waals surface area contributed by atoms with Crippen molar-refractivity contribution in [3.05, 3.63) is 36.0 Å². The summed E-state index contributed by atoms with van der Waals surface area (Å²) >= 11 is 0. The van der Waals surface area contributed by atoms with Gasteiger partial charge in [0.25, 0.3) is 0 Å². The number of H-pyrrole nitrogens is 1. The number of aromatic nitrogens is 1. The molecule has 4 unspecified atom stereocenters. The van der Waals surface area contributed by atoms with Gasteiger partial charge in [-0.15, -0.1) is 0 Å². The predicted molar refractivity (Wildman–Crippen MR) is 123 cm³/mol.